The van der Waals surface area contributed by atoms with E-state index in [-0.39, 0.29) is 32.7 Å². The van der Waals surface area contributed by atoms with E-state index in [1.54, 1.807) is 0 Å². The second-order valence-corrected chi connectivity index (χ2v) is 0.274. The number of rotatable bonds is 0. The summed E-state index contributed by atoms with van der Waals surface area (Å²) < 4.78 is 0. The second kappa shape index (κ2) is 9.08. The molecule has 0 saturated heterocycles. The first-order chi connectivity index (χ1) is 1.41. The SMILES string of the molecule is [N-]=C=S.[Y]. The third kappa shape index (κ3) is 12.9. The number of thiocarbonyl (C=S) groups is 1. The maximum absolute atomic E-state index is 7.13. The standard InChI is InChI=1S/CNS.Y/c2-1-3;/q-1;. The molecule has 0 aromatic heterocycles. The minimum atomic E-state index is 0. The molecule has 1 radical (unpaired) electrons. The van der Waals surface area contributed by atoms with Crippen molar-refractivity contribution in [2.75, 3.05) is 0 Å². The quantitative estimate of drug-likeness (QED) is 0.364. The molecule has 4 heavy (non-hydrogen) atoms. The van der Waals surface area contributed by atoms with Crippen LogP contribution in [0.5, 0.6) is 0 Å². The average Bonchev–Trinajstić information content (AvgIpc) is 0.918. The molecule has 0 spiro atoms. The van der Waals surface area contributed by atoms with Gasteiger partial charge in [-0.1, -0.05) is 12.2 Å². The van der Waals surface area contributed by atoms with E-state index in [1.165, 1.54) is 5.16 Å². The summed E-state index contributed by atoms with van der Waals surface area (Å²) in [5, 5.41) is 8.47. The maximum atomic E-state index is 7.13. The summed E-state index contributed by atoms with van der Waals surface area (Å²) in [4.78, 5) is 0. The number of nitrogens with zero attached hydrogens (tertiary/aromatic N) is 1. The van der Waals surface area contributed by atoms with Crippen LogP contribution in [0.1, 0.15) is 0 Å². The molecular weight excluding hydrogens is 147 g/mol. The summed E-state index contributed by atoms with van der Waals surface area (Å²) in [7, 11) is 0. The molecule has 0 heterocycles. The Bertz CT molecular complexity index is 29.0. The van der Waals surface area contributed by atoms with Gasteiger partial charge in [-0.05, 0) is 0 Å². The third-order valence-electron chi connectivity index (χ3n) is 0. The molecule has 0 N–H and O–H groups in total. The van der Waals surface area contributed by atoms with Crippen LogP contribution in [0.25, 0.3) is 5.41 Å². The Hall–Kier alpha value is 0.904. The summed E-state index contributed by atoms with van der Waals surface area (Å²) in [6.07, 6.45) is 0. The normalized spacial score (nSPS) is 2.00. The predicted octanol–water partition coefficient (Wildman–Crippen LogP) is 0.656. The summed E-state index contributed by atoms with van der Waals surface area (Å²) in [5.41, 5.74) is 0. The number of isothiocyanates is 1. The van der Waals surface area contributed by atoms with Crippen molar-refractivity contribution in [3.05, 3.63) is 5.41 Å². The van der Waals surface area contributed by atoms with E-state index in [0.29, 0.717) is 0 Å². The molecule has 0 aliphatic heterocycles. The molecular formula is CNSY-. The van der Waals surface area contributed by atoms with Gasteiger partial charge >= 0.3 is 0 Å². The van der Waals surface area contributed by atoms with Gasteiger partial charge < -0.3 is 5.41 Å². The van der Waals surface area contributed by atoms with Crippen LogP contribution >= 0.6 is 12.2 Å². The van der Waals surface area contributed by atoms with E-state index in [2.05, 4.69) is 12.2 Å². The Balaban J connectivity index is 0. The minimum Gasteiger partial charge on any atom is -0.753 e. The first-order valence-corrected chi connectivity index (χ1v) is 0.836. The zero-order valence-corrected chi connectivity index (χ0v) is 5.59. The first kappa shape index (κ1) is 8.86. The van der Waals surface area contributed by atoms with Crippen molar-refractivity contribution < 1.29 is 32.7 Å². The molecule has 0 unspecified atom stereocenters. The fourth-order valence-electron chi connectivity index (χ4n) is 0. The van der Waals surface area contributed by atoms with E-state index in [0.717, 1.165) is 0 Å². The zero-order chi connectivity index (χ0) is 2.71. The van der Waals surface area contributed by atoms with E-state index >= 15 is 0 Å². The fourth-order valence-corrected chi connectivity index (χ4v) is 0. The van der Waals surface area contributed by atoms with Gasteiger partial charge in [0.15, 0.2) is 0 Å². The summed E-state index contributed by atoms with van der Waals surface area (Å²) >= 11 is 3.70. The fraction of sp³-hybridized carbons (Fsp3) is 0. The molecule has 0 atom stereocenters. The van der Waals surface area contributed by atoms with Crippen molar-refractivity contribution in [3.63, 3.8) is 0 Å². The van der Waals surface area contributed by atoms with Crippen molar-refractivity contribution in [2.24, 2.45) is 0 Å². The van der Waals surface area contributed by atoms with Gasteiger partial charge in [0, 0.05) is 32.7 Å². The van der Waals surface area contributed by atoms with Crippen LogP contribution in [0.15, 0.2) is 0 Å². The van der Waals surface area contributed by atoms with E-state index in [4.69, 9.17) is 5.41 Å². The van der Waals surface area contributed by atoms with Gasteiger partial charge in [-0.2, -0.15) is 5.16 Å². The molecule has 3 heteroatoms. The van der Waals surface area contributed by atoms with Gasteiger partial charge in [0.2, 0.25) is 0 Å². The molecule has 0 aliphatic carbocycles. The summed E-state index contributed by atoms with van der Waals surface area (Å²) in [6.45, 7) is 0. The number of hydrogen-bond donors (Lipinski definition) is 0. The molecule has 0 aromatic carbocycles. The molecule has 1 nitrogen and oxygen atoms in total. The van der Waals surface area contributed by atoms with Crippen molar-refractivity contribution in [2.45, 2.75) is 0 Å². The van der Waals surface area contributed by atoms with Crippen LogP contribution in [0.4, 0.5) is 0 Å². The second-order valence-electron chi connectivity index (χ2n) is 0.0913. The predicted molar refractivity (Wildman–Crippen MR) is 16.0 cm³/mol. The van der Waals surface area contributed by atoms with Crippen LogP contribution in [0.2, 0.25) is 0 Å². The molecule has 0 amide bonds. The van der Waals surface area contributed by atoms with E-state index in [1.807, 2.05) is 0 Å². The van der Waals surface area contributed by atoms with Gasteiger partial charge in [-0.25, -0.2) is 0 Å². The molecule has 0 rings (SSSR count). The largest absolute Gasteiger partial charge is 0.753 e. The maximum Gasteiger partial charge on any atom is 0 e. The zero-order valence-electron chi connectivity index (χ0n) is 1.93. The Morgan fingerprint density at radius 3 is 1.75 bits per heavy atom. The molecule has 0 aromatic rings. The molecule has 19 valence electrons. The van der Waals surface area contributed by atoms with Gasteiger partial charge in [0.25, 0.3) is 0 Å². The van der Waals surface area contributed by atoms with Gasteiger partial charge in [-0.15, -0.1) is 0 Å². The summed E-state index contributed by atoms with van der Waals surface area (Å²) in [6, 6.07) is 0. The average molecular weight is 147 g/mol. The topological polar surface area (TPSA) is 22.3 Å². The third-order valence-corrected chi connectivity index (χ3v) is 0. The smallest absolute Gasteiger partial charge is 0 e. The molecule has 0 fully saturated rings. The molecule has 0 bridgehead atoms. The first-order valence-electron chi connectivity index (χ1n) is 0.428. The van der Waals surface area contributed by atoms with Crippen LogP contribution in [0.3, 0.4) is 0 Å². The minimum absolute atomic E-state index is 0. The van der Waals surface area contributed by atoms with Gasteiger partial charge in [-0.3, -0.25) is 0 Å². The Kier molecular flexibility index (Phi) is 20.1. The number of hydrogen-bond acceptors (Lipinski definition) is 1. The molecule has 0 aliphatic rings. The van der Waals surface area contributed by atoms with Crippen molar-refractivity contribution in [1.29, 1.82) is 0 Å². The Morgan fingerprint density at radius 2 is 1.75 bits per heavy atom. The summed E-state index contributed by atoms with van der Waals surface area (Å²) in [5.74, 6) is 0. The van der Waals surface area contributed by atoms with E-state index in [9.17, 15) is 0 Å². The van der Waals surface area contributed by atoms with Crippen LogP contribution in [0, 0.1) is 0 Å². The van der Waals surface area contributed by atoms with Crippen molar-refractivity contribution in [1.82, 2.24) is 0 Å². The van der Waals surface area contributed by atoms with Crippen LogP contribution < -0.4 is 0 Å². The van der Waals surface area contributed by atoms with Crippen molar-refractivity contribution in [3.8, 4) is 0 Å². The van der Waals surface area contributed by atoms with Crippen molar-refractivity contribution >= 4 is 17.4 Å². The Morgan fingerprint density at radius 1 is 1.75 bits per heavy atom. The van der Waals surface area contributed by atoms with Gasteiger partial charge in [0.1, 0.15) is 0 Å². The van der Waals surface area contributed by atoms with Crippen LogP contribution in [-0.2, 0) is 32.7 Å². The molecule has 0 saturated carbocycles. The Labute approximate surface area is 55.2 Å². The van der Waals surface area contributed by atoms with Gasteiger partial charge in [0.05, 0.1) is 0 Å². The van der Waals surface area contributed by atoms with Crippen LogP contribution in [-0.4, -0.2) is 5.16 Å². The van der Waals surface area contributed by atoms with E-state index < -0.39 is 0 Å². The monoisotopic (exact) mass is 147 g/mol.